The fourth-order valence-corrected chi connectivity index (χ4v) is 4.71. The molecule has 2 aromatic heterocycles. The summed E-state index contributed by atoms with van der Waals surface area (Å²) in [4.78, 5) is 21.0. The van der Waals surface area contributed by atoms with Crippen molar-refractivity contribution in [3.63, 3.8) is 0 Å². The Balaban J connectivity index is 1.56. The van der Waals surface area contributed by atoms with Gasteiger partial charge in [-0.1, -0.05) is 30.0 Å². The highest BCUT2D eigenvalue weighted by Crippen LogP contribution is 2.30. The second-order valence-electron chi connectivity index (χ2n) is 7.18. The number of hydrogen-bond acceptors (Lipinski definition) is 4. The summed E-state index contributed by atoms with van der Waals surface area (Å²) in [6.07, 6.45) is 4.27. The van der Waals surface area contributed by atoms with Crippen molar-refractivity contribution in [2.75, 3.05) is 6.61 Å². The average molecular weight is 384 g/mol. The molecule has 27 heavy (non-hydrogen) atoms. The van der Waals surface area contributed by atoms with Gasteiger partial charge in [-0.25, -0.2) is 4.98 Å². The van der Waals surface area contributed by atoms with Gasteiger partial charge in [-0.2, -0.15) is 0 Å². The number of carbonyl (C=O) groups excluding carboxylic acids is 1. The highest BCUT2D eigenvalue weighted by atomic mass is 32.2. The van der Waals surface area contributed by atoms with E-state index in [4.69, 9.17) is 9.72 Å². The zero-order chi connectivity index (χ0) is 19.0. The minimum absolute atomic E-state index is 0.124. The van der Waals surface area contributed by atoms with E-state index >= 15 is 0 Å². The first-order valence-corrected chi connectivity index (χ1v) is 10.3. The van der Waals surface area contributed by atoms with Gasteiger partial charge in [-0.05, 0) is 39.7 Å². The molecule has 1 aliphatic rings. The predicted octanol–water partition coefficient (Wildman–Crippen LogP) is 4.52. The Morgan fingerprint density at radius 2 is 2.22 bits per heavy atom. The van der Waals surface area contributed by atoms with Crippen molar-refractivity contribution in [1.82, 2.24) is 14.5 Å². The number of thioether (sulfide) groups is 1. The van der Waals surface area contributed by atoms with Gasteiger partial charge in [0.05, 0.1) is 23.6 Å². The maximum atomic E-state index is 13.1. The van der Waals surface area contributed by atoms with Crippen LogP contribution in [0.4, 0.5) is 0 Å². The Hall–Kier alpha value is -2.05. The highest BCUT2D eigenvalue weighted by molar-refractivity contribution is 8.00. The summed E-state index contributed by atoms with van der Waals surface area (Å²) in [5, 5.41) is 1.67. The minimum atomic E-state index is -0.214. The van der Waals surface area contributed by atoms with Crippen LogP contribution in [-0.4, -0.2) is 38.3 Å². The summed E-state index contributed by atoms with van der Waals surface area (Å²) in [5.41, 5.74) is 3.91. The molecule has 0 unspecified atom stereocenters. The van der Waals surface area contributed by atoms with Crippen LogP contribution in [0.1, 0.15) is 41.5 Å². The summed E-state index contributed by atoms with van der Waals surface area (Å²) in [7, 11) is 0. The van der Waals surface area contributed by atoms with E-state index in [2.05, 4.69) is 16.5 Å². The monoisotopic (exact) mass is 383 g/mol. The first kappa shape index (κ1) is 18.3. The van der Waals surface area contributed by atoms with Crippen LogP contribution in [0, 0.1) is 13.8 Å². The minimum Gasteiger partial charge on any atom is -0.376 e. The van der Waals surface area contributed by atoms with Gasteiger partial charge in [-0.3, -0.25) is 4.79 Å². The molecule has 0 saturated carbocycles. The fraction of sp³-hybridized carbons (Fsp3) is 0.429. The van der Waals surface area contributed by atoms with E-state index in [9.17, 15) is 4.79 Å². The summed E-state index contributed by atoms with van der Waals surface area (Å²) in [6, 6.07) is 7.92. The van der Waals surface area contributed by atoms with Gasteiger partial charge < -0.3 is 14.3 Å². The lowest BCUT2D eigenvalue weighted by Gasteiger charge is -2.16. The van der Waals surface area contributed by atoms with E-state index < -0.39 is 0 Å². The molecule has 6 heteroatoms. The quantitative estimate of drug-likeness (QED) is 0.502. The van der Waals surface area contributed by atoms with Crippen molar-refractivity contribution < 1.29 is 9.53 Å². The number of nitrogens with one attached hydrogen (secondary N) is 1. The normalized spacial score (nSPS) is 18.3. The van der Waals surface area contributed by atoms with Crippen molar-refractivity contribution in [3.8, 4) is 0 Å². The number of aromatic nitrogens is 3. The standard InChI is InChI=1S/C21H25N3O2S/c1-13-14(2)24(12-16-7-6-10-26-16)21(23-13)27-15(3)20(25)18-11-22-19-9-5-4-8-17(18)19/h4-5,8-9,11,15-16,22H,6-7,10,12H2,1-3H3/t15-,16-/m0/s1. The van der Waals surface area contributed by atoms with Crippen LogP contribution in [0.3, 0.4) is 0 Å². The molecule has 1 aliphatic heterocycles. The Morgan fingerprint density at radius 3 is 3.00 bits per heavy atom. The first-order chi connectivity index (χ1) is 13.0. The maximum Gasteiger partial charge on any atom is 0.178 e. The van der Waals surface area contributed by atoms with Crippen molar-refractivity contribution >= 4 is 28.4 Å². The Kier molecular flexibility index (Phi) is 5.10. The number of Topliss-reactive ketones (excluding diaryl/α,β-unsaturated/α-hetero) is 1. The molecule has 0 radical (unpaired) electrons. The summed E-state index contributed by atoms with van der Waals surface area (Å²) in [6.45, 7) is 7.73. The molecule has 3 aromatic rings. The number of aromatic amines is 1. The van der Waals surface area contributed by atoms with Crippen LogP contribution >= 0.6 is 11.8 Å². The molecular formula is C21H25N3O2S. The van der Waals surface area contributed by atoms with Crippen molar-refractivity contribution in [2.24, 2.45) is 0 Å². The number of rotatable bonds is 6. The third-order valence-corrected chi connectivity index (χ3v) is 6.43. The SMILES string of the molecule is Cc1nc(S[C@@H](C)C(=O)c2c[nH]c3ccccc23)n(C[C@@H]2CCCO2)c1C. The molecule has 0 bridgehead atoms. The molecule has 1 saturated heterocycles. The lowest BCUT2D eigenvalue weighted by molar-refractivity contribution is 0.0944. The van der Waals surface area contributed by atoms with Gasteiger partial charge in [-0.15, -0.1) is 0 Å². The molecule has 0 spiro atoms. The number of aryl methyl sites for hydroxylation is 1. The Morgan fingerprint density at radius 1 is 1.41 bits per heavy atom. The predicted molar refractivity (Wildman–Crippen MR) is 109 cm³/mol. The number of imidazole rings is 1. The average Bonchev–Trinajstić information content (AvgIpc) is 3.38. The molecule has 1 aromatic carbocycles. The van der Waals surface area contributed by atoms with Crippen LogP contribution in [0.5, 0.6) is 0 Å². The highest BCUT2D eigenvalue weighted by Gasteiger charge is 2.25. The number of nitrogens with zero attached hydrogens (tertiary/aromatic N) is 2. The zero-order valence-corrected chi connectivity index (χ0v) is 16.8. The van der Waals surface area contributed by atoms with Crippen LogP contribution in [0.2, 0.25) is 0 Å². The third-order valence-electron chi connectivity index (χ3n) is 5.34. The van der Waals surface area contributed by atoms with Gasteiger partial charge >= 0.3 is 0 Å². The van der Waals surface area contributed by atoms with E-state index in [1.807, 2.05) is 44.3 Å². The number of benzene rings is 1. The van der Waals surface area contributed by atoms with Crippen molar-refractivity contribution in [3.05, 3.63) is 47.4 Å². The molecule has 0 aliphatic carbocycles. The van der Waals surface area contributed by atoms with E-state index in [-0.39, 0.29) is 17.1 Å². The van der Waals surface area contributed by atoms with E-state index in [1.165, 1.54) is 11.8 Å². The second-order valence-corrected chi connectivity index (χ2v) is 8.49. The molecule has 0 amide bonds. The molecule has 1 N–H and O–H groups in total. The fourth-order valence-electron chi connectivity index (χ4n) is 3.63. The molecule has 3 heterocycles. The number of ether oxygens (including phenoxy) is 1. The van der Waals surface area contributed by atoms with Crippen LogP contribution in [0.15, 0.2) is 35.6 Å². The second kappa shape index (κ2) is 7.52. The zero-order valence-electron chi connectivity index (χ0n) is 16.0. The maximum absolute atomic E-state index is 13.1. The van der Waals surface area contributed by atoms with Gasteiger partial charge in [0, 0.05) is 35.0 Å². The number of hydrogen-bond donors (Lipinski definition) is 1. The molecule has 1 fully saturated rings. The molecule has 142 valence electrons. The van der Waals surface area contributed by atoms with Crippen molar-refractivity contribution in [2.45, 2.75) is 56.7 Å². The number of ketones is 1. The first-order valence-electron chi connectivity index (χ1n) is 9.47. The van der Waals surface area contributed by atoms with Gasteiger partial charge in [0.2, 0.25) is 0 Å². The van der Waals surface area contributed by atoms with Gasteiger partial charge in [0.15, 0.2) is 10.9 Å². The third kappa shape index (κ3) is 3.56. The summed E-state index contributed by atoms with van der Waals surface area (Å²) < 4.78 is 8.02. The van der Waals surface area contributed by atoms with Crippen molar-refractivity contribution in [1.29, 1.82) is 0 Å². The number of para-hydroxylation sites is 1. The lowest BCUT2D eigenvalue weighted by Crippen LogP contribution is -2.19. The van der Waals surface area contributed by atoms with E-state index in [1.54, 1.807) is 0 Å². The number of H-pyrrole nitrogens is 1. The van der Waals surface area contributed by atoms with E-state index in [0.29, 0.717) is 0 Å². The Labute approximate surface area is 163 Å². The number of fused-ring (bicyclic) bond motifs is 1. The molecule has 2 atom stereocenters. The molecule has 5 nitrogen and oxygen atoms in total. The smallest absolute Gasteiger partial charge is 0.178 e. The van der Waals surface area contributed by atoms with Crippen LogP contribution in [0.25, 0.3) is 10.9 Å². The Bertz CT molecular complexity index is 969. The van der Waals surface area contributed by atoms with E-state index in [0.717, 1.165) is 59.0 Å². The molecular weight excluding hydrogens is 358 g/mol. The molecule has 4 rings (SSSR count). The van der Waals surface area contributed by atoms with Crippen LogP contribution in [-0.2, 0) is 11.3 Å². The van der Waals surface area contributed by atoms with Gasteiger partial charge in [0.25, 0.3) is 0 Å². The van der Waals surface area contributed by atoms with Crippen LogP contribution < -0.4 is 0 Å². The largest absolute Gasteiger partial charge is 0.376 e. The summed E-state index contributed by atoms with van der Waals surface area (Å²) in [5.74, 6) is 0.124. The topological polar surface area (TPSA) is 59.9 Å². The summed E-state index contributed by atoms with van der Waals surface area (Å²) >= 11 is 1.54. The van der Waals surface area contributed by atoms with Gasteiger partial charge in [0.1, 0.15) is 0 Å². The number of carbonyl (C=O) groups is 1. The lowest BCUT2D eigenvalue weighted by atomic mass is 10.1.